The highest BCUT2D eigenvalue weighted by Crippen LogP contribution is 2.40. The minimum atomic E-state index is -1.51. The Balaban J connectivity index is 1.35. The summed E-state index contributed by atoms with van der Waals surface area (Å²) in [6, 6.07) is 0.721. The van der Waals surface area contributed by atoms with Crippen molar-refractivity contribution < 1.29 is 29.4 Å². The van der Waals surface area contributed by atoms with Crippen molar-refractivity contribution in [1.29, 1.82) is 0 Å². The number of hydrogen-bond donors (Lipinski definition) is 3. The fraction of sp³-hybridized carbons (Fsp3) is 0.235. The molecule has 2 aliphatic heterocycles. The molecule has 0 aromatic carbocycles. The summed E-state index contributed by atoms with van der Waals surface area (Å²) in [5.74, 6) is -3.00. The minimum Gasteiger partial charge on any atom is -0.543 e. The number of aromatic nitrogens is 6. The first-order valence-corrected chi connectivity index (χ1v) is 11.4. The predicted molar refractivity (Wildman–Crippen MR) is 113 cm³/mol. The number of carbonyl (C=O) groups excluding carboxylic acids is 3. The highest BCUT2D eigenvalue weighted by atomic mass is 32.2. The van der Waals surface area contributed by atoms with E-state index in [1.54, 1.807) is 23.0 Å². The molecule has 4 N–H and O–H groups in total. The second kappa shape index (κ2) is 8.34. The lowest BCUT2D eigenvalue weighted by atomic mass is 10.0. The van der Waals surface area contributed by atoms with E-state index >= 15 is 0 Å². The fourth-order valence-electron chi connectivity index (χ4n) is 3.63. The molecular formula is C17H14N10O5S2. The quantitative estimate of drug-likeness (QED) is 0.100. The molecule has 5 heterocycles. The number of fused-ring (bicyclic) bond motifs is 2. The van der Waals surface area contributed by atoms with Crippen LogP contribution in [0.5, 0.6) is 0 Å². The van der Waals surface area contributed by atoms with Gasteiger partial charge in [0.25, 0.3) is 11.8 Å². The van der Waals surface area contributed by atoms with Gasteiger partial charge in [-0.05, 0) is 6.07 Å². The molecule has 0 spiro atoms. The summed E-state index contributed by atoms with van der Waals surface area (Å²) < 4.78 is 6.90. The second-order valence-electron chi connectivity index (χ2n) is 7.16. The first-order chi connectivity index (χ1) is 16.4. The summed E-state index contributed by atoms with van der Waals surface area (Å²) in [4.78, 5) is 42.2. The van der Waals surface area contributed by atoms with Crippen LogP contribution in [0.15, 0.2) is 41.2 Å². The monoisotopic (exact) mass is 502 g/mol. The standard InChI is InChI=1S/C17H14N10O5S2/c18-17-22-12(24-34-17)9(23-32)13(28)21-10-14(29)27-11(16(30)31)7(5-33-15(10)27)3-25-4-8-1-2-19-26(8)6-20-25/h1-2,4,6,10,15H,3,5H2,(H4-,18,21,22,24,28,30,31,32). The molecule has 2 amide bonds. The number of thioether (sulfide) groups is 1. The highest BCUT2D eigenvalue weighted by molar-refractivity contribution is 8.00. The number of aliphatic carboxylic acids is 1. The molecule has 0 bridgehead atoms. The summed E-state index contributed by atoms with van der Waals surface area (Å²) in [5, 5.41) is 34.1. The lowest BCUT2D eigenvalue weighted by molar-refractivity contribution is -0.746. The van der Waals surface area contributed by atoms with E-state index in [4.69, 9.17) is 5.73 Å². The van der Waals surface area contributed by atoms with Crippen LogP contribution in [0.25, 0.3) is 5.52 Å². The third-order valence-corrected chi connectivity index (χ3v) is 7.02. The van der Waals surface area contributed by atoms with Gasteiger partial charge in [0.05, 0.1) is 17.9 Å². The number of β-lactam (4-membered cyclic amide) rings is 1. The molecule has 0 saturated carbocycles. The van der Waals surface area contributed by atoms with Gasteiger partial charge in [-0.1, -0.05) is 9.84 Å². The molecule has 34 heavy (non-hydrogen) atoms. The Morgan fingerprint density at radius 3 is 2.97 bits per heavy atom. The second-order valence-corrected chi connectivity index (χ2v) is 9.05. The zero-order chi connectivity index (χ0) is 24.0. The number of carboxylic acids is 1. The maximum atomic E-state index is 12.8. The average molecular weight is 502 g/mol. The molecule has 1 saturated heterocycles. The molecule has 0 radical (unpaired) electrons. The lowest BCUT2D eigenvalue weighted by Crippen LogP contribution is -2.71. The normalized spacial score (nSPS) is 20.3. The third-order valence-electron chi connectivity index (χ3n) is 5.14. The van der Waals surface area contributed by atoms with Gasteiger partial charge in [0, 0.05) is 28.0 Å². The van der Waals surface area contributed by atoms with Gasteiger partial charge in [-0.25, -0.2) is 4.52 Å². The molecule has 174 valence electrons. The van der Waals surface area contributed by atoms with Crippen molar-refractivity contribution in [1.82, 2.24) is 34.3 Å². The van der Waals surface area contributed by atoms with E-state index < -0.39 is 34.9 Å². The molecule has 5 rings (SSSR count). The van der Waals surface area contributed by atoms with Crippen LogP contribution in [-0.4, -0.2) is 74.8 Å². The van der Waals surface area contributed by atoms with Gasteiger partial charge in [0.15, 0.2) is 18.0 Å². The Kier molecular flexibility index (Phi) is 5.33. The molecule has 0 aliphatic carbocycles. The molecule has 1 fully saturated rings. The molecule has 2 unspecified atom stereocenters. The van der Waals surface area contributed by atoms with Crippen LogP contribution in [0.2, 0.25) is 0 Å². The molecule has 3 aromatic heterocycles. The van der Waals surface area contributed by atoms with Crippen LogP contribution in [0.1, 0.15) is 5.82 Å². The van der Waals surface area contributed by atoms with Gasteiger partial charge >= 0.3 is 0 Å². The first-order valence-electron chi connectivity index (χ1n) is 9.57. The van der Waals surface area contributed by atoms with E-state index in [-0.39, 0.29) is 29.0 Å². The minimum absolute atomic E-state index is 0.0636. The number of nitrogens with two attached hydrogens (primary N) is 1. The summed E-state index contributed by atoms with van der Waals surface area (Å²) in [7, 11) is 0. The third kappa shape index (κ3) is 3.59. The van der Waals surface area contributed by atoms with Gasteiger partial charge in [-0.15, -0.1) is 11.8 Å². The van der Waals surface area contributed by atoms with Crippen molar-refractivity contribution in [3.63, 3.8) is 0 Å². The number of hydrogen-bond acceptors (Lipinski definition) is 13. The number of carbonyl (C=O) groups is 3. The molecule has 2 aliphatic rings. The van der Waals surface area contributed by atoms with Crippen molar-refractivity contribution in [2.45, 2.75) is 18.0 Å². The van der Waals surface area contributed by atoms with Crippen molar-refractivity contribution in [2.75, 3.05) is 11.5 Å². The maximum absolute atomic E-state index is 12.8. The number of rotatable bonds is 6. The highest BCUT2D eigenvalue weighted by Gasteiger charge is 2.53. The summed E-state index contributed by atoms with van der Waals surface area (Å²) >= 11 is 2.07. The predicted octanol–water partition coefficient (Wildman–Crippen LogP) is -3.27. The number of oxime groups is 1. The smallest absolute Gasteiger partial charge is 0.278 e. The van der Waals surface area contributed by atoms with Crippen molar-refractivity contribution in [3.05, 3.63) is 41.9 Å². The maximum Gasteiger partial charge on any atom is 0.278 e. The Morgan fingerprint density at radius 2 is 2.26 bits per heavy atom. The zero-order valence-electron chi connectivity index (χ0n) is 16.9. The Bertz CT molecular complexity index is 1400. The van der Waals surface area contributed by atoms with Gasteiger partial charge < -0.3 is 26.2 Å². The van der Waals surface area contributed by atoms with Crippen LogP contribution in [0, 0.1) is 0 Å². The Morgan fingerprint density at radius 1 is 1.44 bits per heavy atom. The van der Waals surface area contributed by atoms with Crippen LogP contribution < -0.4 is 20.8 Å². The SMILES string of the molecule is Nc1nc(/C(=N/O)C(=O)NC2C(=O)N3C(C(=O)[O-])=C(C[n+]4cc5ccnn5cn4)CSC23)ns1. The number of nitrogens with zero attached hydrogens (tertiary/aromatic N) is 8. The summed E-state index contributed by atoms with van der Waals surface area (Å²) in [5.41, 5.74) is 5.90. The topological polar surface area (TPSA) is 208 Å². The van der Waals surface area contributed by atoms with Gasteiger partial charge in [0.2, 0.25) is 17.7 Å². The van der Waals surface area contributed by atoms with E-state index in [0.29, 0.717) is 5.57 Å². The van der Waals surface area contributed by atoms with Gasteiger partial charge in [-0.3, -0.25) is 14.5 Å². The Hall–Kier alpha value is -4.12. The molecule has 15 nitrogen and oxygen atoms in total. The number of amides is 2. The van der Waals surface area contributed by atoms with Gasteiger partial charge in [-0.2, -0.15) is 14.5 Å². The van der Waals surface area contributed by atoms with E-state index in [2.05, 4.69) is 30.0 Å². The lowest BCUT2D eigenvalue weighted by Gasteiger charge is -2.50. The van der Waals surface area contributed by atoms with E-state index in [9.17, 15) is 24.7 Å². The van der Waals surface area contributed by atoms with Crippen molar-refractivity contribution in [2.24, 2.45) is 5.16 Å². The van der Waals surface area contributed by atoms with Crippen LogP contribution in [0.3, 0.4) is 0 Å². The summed E-state index contributed by atoms with van der Waals surface area (Å²) in [6.07, 6.45) is 4.78. The largest absolute Gasteiger partial charge is 0.543 e. The molecule has 17 heteroatoms. The molecular weight excluding hydrogens is 488 g/mol. The number of nitrogen functional groups attached to an aromatic ring is 1. The van der Waals surface area contributed by atoms with Crippen LogP contribution in [-0.2, 0) is 20.9 Å². The zero-order valence-corrected chi connectivity index (χ0v) is 18.6. The van der Waals surface area contributed by atoms with Gasteiger partial charge in [0.1, 0.15) is 16.9 Å². The average Bonchev–Trinajstić information content (AvgIpc) is 3.46. The number of anilines is 1. The van der Waals surface area contributed by atoms with E-state index in [0.717, 1.165) is 21.9 Å². The first kappa shape index (κ1) is 21.7. The summed E-state index contributed by atoms with van der Waals surface area (Å²) in [6.45, 7) is 0.115. The molecule has 2 atom stereocenters. The van der Waals surface area contributed by atoms with Crippen LogP contribution in [0.4, 0.5) is 5.13 Å². The van der Waals surface area contributed by atoms with E-state index in [1.807, 2.05) is 0 Å². The van der Waals surface area contributed by atoms with E-state index in [1.165, 1.54) is 22.8 Å². The Labute approximate surface area is 197 Å². The number of carboxylic acid groups (broad SMARTS) is 1. The fourth-order valence-corrected chi connectivity index (χ4v) is 5.40. The molecule has 3 aromatic rings. The van der Waals surface area contributed by atoms with Crippen LogP contribution >= 0.6 is 23.3 Å². The van der Waals surface area contributed by atoms with Crippen molar-refractivity contribution >= 4 is 57.4 Å². The van der Waals surface area contributed by atoms with Crippen molar-refractivity contribution in [3.8, 4) is 0 Å². The number of nitrogens with one attached hydrogen (secondary N) is 1.